The summed E-state index contributed by atoms with van der Waals surface area (Å²) in [6, 6.07) is 7.55. The highest BCUT2D eigenvalue weighted by Crippen LogP contribution is 2.31. The first kappa shape index (κ1) is 14.0. The summed E-state index contributed by atoms with van der Waals surface area (Å²) in [5.41, 5.74) is 7.77. The minimum Gasteiger partial charge on any atom is -0.390 e. The molecule has 0 aliphatic heterocycles. The maximum Gasteiger partial charge on any atom is 0.224 e. The van der Waals surface area contributed by atoms with Crippen LogP contribution in [-0.2, 0) is 11.2 Å². The van der Waals surface area contributed by atoms with E-state index in [0.717, 1.165) is 24.0 Å². The normalized spacial score (nSPS) is 22.9. The number of carbonyl (C=O) groups is 1. The summed E-state index contributed by atoms with van der Waals surface area (Å²) in [4.78, 5) is 12.2. The third-order valence-electron chi connectivity index (χ3n) is 3.79. The molecule has 1 aromatic carbocycles. The van der Waals surface area contributed by atoms with Crippen molar-refractivity contribution in [2.24, 2.45) is 11.7 Å². The van der Waals surface area contributed by atoms with Gasteiger partial charge in [0.1, 0.15) is 0 Å². The number of carbonyl (C=O) groups excluding carboxylic acids is 1. The number of nitrogens with two attached hydrogens (primary N) is 1. The number of aliphatic hydroxyl groups excluding tert-OH is 1. The third-order valence-corrected chi connectivity index (χ3v) is 3.79. The van der Waals surface area contributed by atoms with E-state index in [1.165, 1.54) is 0 Å². The van der Waals surface area contributed by atoms with Crippen LogP contribution in [0.3, 0.4) is 0 Å². The lowest BCUT2D eigenvalue weighted by Crippen LogP contribution is -2.40. The molecule has 1 aromatic rings. The molecule has 0 heterocycles. The molecule has 19 heavy (non-hydrogen) atoms. The van der Waals surface area contributed by atoms with Crippen molar-refractivity contribution < 1.29 is 9.90 Å². The zero-order chi connectivity index (χ0) is 13.8. The smallest absolute Gasteiger partial charge is 0.224 e. The van der Waals surface area contributed by atoms with Crippen molar-refractivity contribution in [1.29, 1.82) is 0 Å². The van der Waals surface area contributed by atoms with Crippen LogP contribution in [0.5, 0.6) is 0 Å². The second kappa shape index (κ2) is 6.17. The SMILES string of the molecule is CCCC(CN)C(=O)N[C@H]1c2ccccc2C[C@H]1O. The molecule has 1 unspecified atom stereocenters. The Morgan fingerprint density at radius 2 is 2.26 bits per heavy atom. The molecule has 1 amide bonds. The summed E-state index contributed by atoms with van der Waals surface area (Å²) in [5, 5.41) is 13.0. The molecule has 4 heteroatoms. The van der Waals surface area contributed by atoms with Crippen LogP contribution < -0.4 is 11.1 Å². The van der Waals surface area contributed by atoms with Crippen molar-refractivity contribution in [3.8, 4) is 0 Å². The molecule has 1 aliphatic carbocycles. The Morgan fingerprint density at radius 3 is 2.95 bits per heavy atom. The zero-order valence-corrected chi connectivity index (χ0v) is 11.3. The number of amides is 1. The van der Waals surface area contributed by atoms with E-state index >= 15 is 0 Å². The van der Waals surface area contributed by atoms with Gasteiger partial charge in [-0.15, -0.1) is 0 Å². The van der Waals surface area contributed by atoms with Gasteiger partial charge in [0.25, 0.3) is 0 Å². The van der Waals surface area contributed by atoms with Crippen LogP contribution in [0.2, 0.25) is 0 Å². The predicted molar refractivity (Wildman–Crippen MR) is 74.5 cm³/mol. The molecule has 1 aliphatic rings. The topological polar surface area (TPSA) is 75.4 Å². The highest BCUT2D eigenvalue weighted by Gasteiger charge is 2.32. The fourth-order valence-corrected chi connectivity index (χ4v) is 2.72. The second-order valence-corrected chi connectivity index (χ2v) is 5.18. The fraction of sp³-hybridized carbons (Fsp3) is 0.533. The fourth-order valence-electron chi connectivity index (χ4n) is 2.72. The summed E-state index contributed by atoms with van der Waals surface area (Å²) >= 11 is 0. The molecule has 3 atom stereocenters. The molecular formula is C15H22N2O2. The summed E-state index contributed by atoms with van der Waals surface area (Å²) < 4.78 is 0. The van der Waals surface area contributed by atoms with E-state index in [-0.39, 0.29) is 17.9 Å². The lowest BCUT2D eigenvalue weighted by atomic mass is 10.0. The van der Waals surface area contributed by atoms with Crippen molar-refractivity contribution in [1.82, 2.24) is 5.32 Å². The van der Waals surface area contributed by atoms with Crippen molar-refractivity contribution in [2.45, 2.75) is 38.3 Å². The van der Waals surface area contributed by atoms with Gasteiger partial charge in [0, 0.05) is 13.0 Å². The van der Waals surface area contributed by atoms with Crippen molar-refractivity contribution in [2.75, 3.05) is 6.54 Å². The van der Waals surface area contributed by atoms with Crippen LogP contribution in [-0.4, -0.2) is 23.7 Å². The van der Waals surface area contributed by atoms with Crippen LogP contribution in [0.4, 0.5) is 0 Å². The molecule has 0 radical (unpaired) electrons. The standard InChI is InChI=1S/C15H22N2O2/c1-2-5-11(9-16)15(19)17-14-12-7-4-3-6-10(12)8-13(14)18/h3-4,6-7,11,13-14,18H,2,5,8-9,16H2,1H3,(H,17,19)/t11?,13-,14+/m1/s1. The Labute approximate surface area is 114 Å². The second-order valence-electron chi connectivity index (χ2n) is 5.18. The van der Waals surface area contributed by atoms with Gasteiger partial charge in [0.05, 0.1) is 18.1 Å². The van der Waals surface area contributed by atoms with E-state index in [9.17, 15) is 9.90 Å². The van der Waals surface area contributed by atoms with E-state index in [4.69, 9.17) is 5.73 Å². The first-order chi connectivity index (χ1) is 9.17. The molecule has 0 saturated heterocycles. The maximum atomic E-state index is 12.2. The van der Waals surface area contributed by atoms with E-state index < -0.39 is 6.10 Å². The Bertz CT molecular complexity index is 448. The van der Waals surface area contributed by atoms with Gasteiger partial charge in [-0.2, -0.15) is 0 Å². The van der Waals surface area contributed by atoms with E-state index in [0.29, 0.717) is 13.0 Å². The number of aliphatic hydroxyl groups is 1. The average molecular weight is 262 g/mol. The van der Waals surface area contributed by atoms with Gasteiger partial charge >= 0.3 is 0 Å². The van der Waals surface area contributed by atoms with E-state index in [2.05, 4.69) is 5.32 Å². The van der Waals surface area contributed by atoms with Crippen molar-refractivity contribution >= 4 is 5.91 Å². The number of hydrogen-bond acceptors (Lipinski definition) is 3. The molecule has 0 saturated carbocycles. The monoisotopic (exact) mass is 262 g/mol. The molecule has 0 aromatic heterocycles. The Morgan fingerprint density at radius 1 is 1.53 bits per heavy atom. The number of fused-ring (bicyclic) bond motifs is 1. The number of hydrogen-bond donors (Lipinski definition) is 3. The highest BCUT2D eigenvalue weighted by atomic mass is 16.3. The number of nitrogens with one attached hydrogen (secondary N) is 1. The predicted octanol–water partition coefficient (Wildman–Crippen LogP) is 1.14. The van der Waals surface area contributed by atoms with Gasteiger partial charge in [-0.1, -0.05) is 37.6 Å². The molecule has 2 rings (SSSR count). The minimum atomic E-state index is -0.540. The van der Waals surface area contributed by atoms with Gasteiger partial charge < -0.3 is 16.2 Å². The van der Waals surface area contributed by atoms with E-state index in [1.54, 1.807) is 0 Å². The van der Waals surface area contributed by atoms with Crippen LogP contribution in [0.15, 0.2) is 24.3 Å². The van der Waals surface area contributed by atoms with Crippen molar-refractivity contribution in [3.63, 3.8) is 0 Å². The molecule has 4 N–H and O–H groups in total. The maximum absolute atomic E-state index is 12.2. The number of benzene rings is 1. The zero-order valence-electron chi connectivity index (χ0n) is 11.3. The Hall–Kier alpha value is -1.39. The quantitative estimate of drug-likeness (QED) is 0.744. The highest BCUT2D eigenvalue weighted by molar-refractivity contribution is 5.79. The average Bonchev–Trinajstić information content (AvgIpc) is 2.72. The van der Waals surface area contributed by atoms with Gasteiger partial charge in [0.15, 0.2) is 0 Å². The third kappa shape index (κ3) is 2.96. The Balaban J connectivity index is 2.08. The molecule has 0 fully saturated rings. The van der Waals surface area contributed by atoms with E-state index in [1.807, 2.05) is 31.2 Å². The van der Waals surface area contributed by atoms with Gasteiger partial charge in [-0.25, -0.2) is 0 Å². The first-order valence-electron chi connectivity index (χ1n) is 6.93. The lowest BCUT2D eigenvalue weighted by Gasteiger charge is -2.21. The largest absolute Gasteiger partial charge is 0.390 e. The molecule has 4 nitrogen and oxygen atoms in total. The summed E-state index contributed by atoms with van der Waals surface area (Å²) in [7, 11) is 0. The lowest BCUT2D eigenvalue weighted by molar-refractivity contribution is -0.126. The Kier molecular flexibility index (Phi) is 4.56. The van der Waals surface area contributed by atoms with Gasteiger partial charge in [0.2, 0.25) is 5.91 Å². The molecule has 0 bridgehead atoms. The van der Waals surface area contributed by atoms with Crippen LogP contribution >= 0.6 is 0 Å². The minimum absolute atomic E-state index is 0.0508. The summed E-state index contributed by atoms with van der Waals surface area (Å²) in [6.45, 7) is 2.39. The molecule has 104 valence electrons. The first-order valence-corrected chi connectivity index (χ1v) is 6.93. The molecule has 0 spiro atoms. The van der Waals surface area contributed by atoms with Crippen LogP contribution in [0.1, 0.15) is 36.9 Å². The number of rotatable bonds is 5. The summed E-state index contributed by atoms with van der Waals surface area (Å²) in [6.07, 6.45) is 1.77. The van der Waals surface area contributed by atoms with Crippen LogP contribution in [0.25, 0.3) is 0 Å². The van der Waals surface area contributed by atoms with Gasteiger partial charge in [-0.05, 0) is 17.5 Å². The van der Waals surface area contributed by atoms with Crippen molar-refractivity contribution in [3.05, 3.63) is 35.4 Å². The van der Waals surface area contributed by atoms with Crippen LogP contribution in [0, 0.1) is 5.92 Å². The summed E-state index contributed by atoms with van der Waals surface area (Å²) in [5.74, 6) is -0.213. The van der Waals surface area contributed by atoms with Gasteiger partial charge in [-0.3, -0.25) is 4.79 Å². The molecular weight excluding hydrogens is 240 g/mol.